The zero-order valence-electron chi connectivity index (χ0n) is 61.1. The Morgan fingerprint density at radius 1 is 0.277 bits per heavy atom. The highest BCUT2D eigenvalue weighted by molar-refractivity contribution is 7.47. The van der Waals surface area contributed by atoms with Gasteiger partial charge in [-0.2, -0.15) is 0 Å². The van der Waals surface area contributed by atoms with Crippen molar-refractivity contribution in [1.29, 1.82) is 0 Å². The van der Waals surface area contributed by atoms with E-state index in [1.165, 1.54) is 257 Å². The van der Waals surface area contributed by atoms with E-state index in [9.17, 15) is 38.1 Å². The Bertz CT molecular complexity index is 1630. The summed E-state index contributed by atoms with van der Waals surface area (Å²) in [5, 5.41) is 0. The zero-order chi connectivity index (χ0) is 69.4. The van der Waals surface area contributed by atoms with Crippen molar-refractivity contribution in [3.63, 3.8) is 0 Å². The van der Waals surface area contributed by atoms with Gasteiger partial charge in [-0.3, -0.25) is 37.3 Å². The van der Waals surface area contributed by atoms with Crippen LogP contribution in [-0.4, -0.2) is 98.6 Å². The number of unbranched alkanes of at least 4 members (excludes halogenated alkanes) is 48. The second kappa shape index (κ2) is 73.7. The number of phosphoric acid groups is 2. The monoisotopic (exact) mass is 1380 g/mol. The third-order valence-corrected chi connectivity index (χ3v) is 19.0. The second-order valence-corrected chi connectivity index (χ2v) is 29.2. The van der Waals surface area contributed by atoms with E-state index in [0.29, 0.717) is 12.8 Å². The van der Waals surface area contributed by atoms with Crippen LogP contribution in [0.2, 0.25) is 0 Å². The lowest BCUT2D eigenvalue weighted by Gasteiger charge is -2.19. The molecule has 0 aliphatic rings. The SMILES string of the molecule is CCCCCCCCCCCCCCCC(=O)OC[C@H](COP(=O)(O)OCCN)OC(=O)CCCCCCCCCCCCCCC.CCCCCCCCCCCCCCCC(=O)OC[C@H](COP(=O)(O)OCCN)OC(=O)CCCCCCCCCCCCCCC. The first kappa shape index (κ1) is 94.1. The maximum atomic E-state index is 12.5. The predicted molar refractivity (Wildman–Crippen MR) is 384 cm³/mol. The summed E-state index contributed by atoms with van der Waals surface area (Å²) in [5.74, 6) is -1.64. The maximum Gasteiger partial charge on any atom is 0.472 e. The smallest absolute Gasteiger partial charge is 0.462 e. The third-order valence-electron chi connectivity index (χ3n) is 17.0. The van der Waals surface area contributed by atoms with Crippen LogP contribution in [-0.2, 0) is 65.4 Å². The third kappa shape index (κ3) is 74.2. The summed E-state index contributed by atoms with van der Waals surface area (Å²) in [4.78, 5) is 69.4. The molecule has 0 aromatic rings. The molecule has 0 aromatic heterocycles. The molecule has 0 spiro atoms. The normalized spacial score (nSPS) is 13.4. The maximum absolute atomic E-state index is 12.5. The fourth-order valence-electron chi connectivity index (χ4n) is 11.2. The molecule has 0 fully saturated rings. The Kier molecular flexibility index (Phi) is 73.8. The van der Waals surface area contributed by atoms with Gasteiger partial charge in [0.2, 0.25) is 0 Å². The number of hydrogen-bond donors (Lipinski definition) is 4. The van der Waals surface area contributed by atoms with Crippen LogP contribution in [0.1, 0.15) is 387 Å². The summed E-state index contributed by atoms with van der Waals surface area (Å²) in [5.41, 5.74) is 10.7. The first-order valence-corrected chi connectivity index (χ1v) is 42.0. The minimum atomic E-state index is -4.36. The van der Waals surface area contributed by atoms with Crippen molar-refractivity contribution < 1.29 is 75.1 Å². The van der Waals surface area contributed by atoms with Crippen molar-refractivity contribution in [3.8, 4) is 0 Å². The highest BCUT2D eigenvalue weighted by Gasteiger charge is 2.27. The molecule has 0 aliphatic carbocycles. The molecule has 0 radical (unpaired) electrons. The molecule has 0 amide bonds. The molecule has 560 valence electrons. The van der Waals surface area contributed by atoms with Crippen LogP contribution in [0.4, 0.5) is 0 Å². The average Bonchev–Trinajstić information content (AvgIpc) is 2.78. The number of carbonyl (C=O) groups is 4. The largest absolute Gasteiger partial charge is 0.472 e. The summed E-state index contributed by atoms with van der Waals surface area (Å²) in [6.45, 7) is 7.49. The van der Waals surface area contributed by atoms with Gasteiger partial charge in [0.15, 0.2) is 12.2 Å². The van der Waals surface area contributed by atoms with Gasteiger partial charge in [-0.15, -0.1) is 0 Å². The molecule has 0 saturated heterocycles. The summed E-state index contributed by atoms with van der Waals surface area (Å²) in [6.07, 6.45) is 62.5. The molecular formula is C74H148N2O16P2. The number of carbonyl (C=O) groups excluding carboxylic acids is 4. The van der Waals surface area contributed by atoms with Crippen molar-refractivity contribution in [2.45, 2.75) is 399 Å². The van der Waals surface area contributed by atoms with Crippen LogP contribution in [0.3, 0.4) is 0 Å². The first-order chi connectivity index (χ1) is 45.7. The van der Waals surface area contributed by atoms with E-state index in [1.807, 2.05) is 0 Å². The first-order valence-electron chi connectivity index (χ1n) is 39.0. The number of rotatable bonds is 74. The van der Waals surface area contributed by atoms with Crippen molar-refractivity contribution in [3.05, 3.63) is 0 Å². The van der Waals surface area contributed by atoms with E-state index >= 15 is 0 Å². The minimum Gasteiger partial charge on any atom is -0.462 e. The molecule has 0 aromatic carbocycles. The Morgan fingerprint density at radius 2 is 0.457 bits per heavy atom. The molecule has 6 N–H and O–H groups in total. The number of phosphoric ester groups is 2. The molecule has 0 aliphatic heterocycles. The molecule has 94 heavy (non-hydrogen) atoms. The van der Waals surface area contributed by atoms with Gasteiger partial charge in [-0.1, -0.05) is 336 Å². The van der Waals surface area contributed by atoms with Crippen LogP contribution >= 0.6 is 15.6 Å². The van der Waals surface area contributed by atoms with Crippen LogP contribution in [0.15, 0.2) is 0 Å². The van der Waals surface area contributed by atoms with E-state index in [1.54, 1.807) is 0 Å². The Hall–Kier alpha value is -1.98. The van der Waals surface area contributed by atoms with Crippen LogP contribution < -0.4 is 11.5 Å². The fraction of sp³-hybridized carbons (Fsp3) is 0.946. The van der Waals surface area contributed by atoms with Gasteiger partial charge in [0.05, 0.1) is 26.4 Å². The number of nitrogens with two attached hydrogens (primary N) is 2. The van der Waals surface area contributed by atoms with Gasteiger partial charge >= 0.3 is 39.5 Å². The second-order valence-electron chi connectivity index (χ2n) is 26.3. The number of ether oxygens (including phenoxy) is 4. The molecule has 0 heterocycles. The summed E-state index contributed by atoms with van der Waals surface area (Å²) in [7, 11) is -8.72. The van der Waals surface area contributed by atoms with Crippen molar-refractivity contribution in [2.75, 3.05) is 52.7 Å². The van der Waals surface area contributed by atoms with E-state index in [0.717, 1.165) is 64.2 Å². The van der Waals surface area contributed by atoms with Gasteiger partial charge < -0.3 is 40.2 Å². The van der Waals surface area contributed by atoms with E-state index in [4.69, 9.17) is 48.5 Å². The zero-order valence-corrected chi connectivity index (χ0v) is 62.9. The van der Waals surface area contributed by atoms with Gasteiger partial charge in [-0.25, -0.2) is 9.13 Å². The quantitative estimate of drug-likeness (QED) is 0.0191. The van der Waals surface area contributed by atoms with E-state index in [2.05, 4.69) is 27.7 Å². The van der Waals surface area contributed by atoms with Crippen molar-refractivity contribution >= 4 is 39.5 Å². The lowest BCUT2D eigenvalue weighted by atomic mass is 10.0. The summed E-state index contributed by atoms with van der Waals surface area (Å²) in [6, 6.07) is 0. The lowest BCUT2D eigenvalue weighted by molar-refractivity contribution is -0.161. The van der Waals surface area contributed by atoms with Gasteiger partial charge in [0, 0.05) is 38.8 Å². The molecular weight excluding hydrogens is 1230 g/mol. The Balaban J connectivity index is 0. The Morgan fingerprint density at radius 3 is 0.649 bits per heavy atom. The standard InChI is InChI=1S/2C37H74NO8P/c2*1-3-5-7-9-11-13-15-17-19-21-23-25-27-29-36(39)43-33-35(34-45-47(41,42)44-32-31-38)46-37(40)30-28-26-24-22-20-18-16-14-12-10-8-6-4-2/h2*35H,3-34,38H2,1-2H3,(H,41,42)/t2*35-/m11/s1. The average molecular weight is 1380 g/mol. The molecule has 0 bridgehead atoms. The number of esters is 4. The van der Waals surface area contributed by atoms with Crippen molar-refractivity contribution in [2.24, 2.45) is 11.5 Å². The number of hydrogen-bond acceptors (Lipinski definition) is 16. The molecule has 2 unspecified atom stereocenters. The lowest BCUT2D eigenvalue weighted by Crippen LogP contribution is -2.29. The molecule has 18 nitrogen and oxygen atoms in total. The predicted octanol–water partition coefficient (Wildman–Crippen LogP) is 21.0. The highest BCUT2D eigenvalue weighted by atomic mass is 31.2. The minimum absolute atomic E-state index is 0.0578. The van der Waals surface area contributed by atoms with Gasteiger partial charge in [0.25, 0.3) is 0 Å². The van der Waals surface area contributed by atoms with Gasteiger partial charge in [0.1, 0.15) is 13.2 Å². The molecule has 20 heteroatoms. The van der Waals surface area contributed by atoms with Crippen LogP contribution in [0, 0.1) is 0 Å². The molecule has 0 rings (SSSR count). The fourth-order valence-corrected chi connectivity index (χ4v) is 12.7. The topological polar surface area (TPSA) is 269 Å². The van der Waals surface area contributed by atoms with E-state index in [-0.39, 0.29) is 77.1 Å². The Labute approximate surface area is 575 Å². The van der Waals surface area contributed by atoms with Gasteiger partial charge in [-0.05, 0) is 25.7 Å². The summed E-state index contributed by atoms with van der Waals surface area (Å²) < 4.78 is 65.3. The van der Waals surface area contributed by atoms with Crippen LogP contribution in [0.5, 0.6) is 0 Å². The highest BCUT2D eigenvalue weighted by Crippen LogP contribution is 2.44. The van der Waals surface area contributed by atoms with Crippen molar-refractivity contribution in [1.82, 2.24) is 0 Å². The summed E-state index contributed by atoms with van der Waals surface area (Å²) >= 11 is 0. The van der Waals surface area contributed by atoms with E-state index < -0.39 is 53.0 Å². The van der Waals surface area contributed by atoms with Crippen LogP contribution in [0.25, 0.3) is 0 Å². The molecule has 4 atom stereocenters. The molecule has 0 saturated carbocycles.